The van der Waals surface area contributed by atoms with Crippen LogP contribution in [0.5, 0.6) is 0 Å². The average molecular weight is 344 g/mol. The van der Waals surface area contributed by atoms with Crippen LogP contribution in [0, 0.1) is 11.3 Å². The van der Waals surface area contributed by atoms with E-state index in [1.165, 1.54) is 12.1 Å². The number of hydrogen-bond donors (Lipinski definition) is 2. The lowest BCUT2D eigenvalue weighted by atomic mass is 9.93. The third-order valence-electron chi connectivity index (χ3n) is 3.67. The SMILES string of the molecule is CC(c1ccc(C#N)cc1)C(NS(=O)(=O)c1ccccc1)C(=O)O. The Morgan fingerprint density at radius 3 is 2.21 bits per heavy atom. The predicted octanol–water partition coefficient (Wildman–Crippen LogP) is 2.09. The standard InChI is InChI=1S/C17H16N2O4S/c1-12(14-9-7-13(11-18)8-10-14)16(17(20)21)19-24(22,23)15-5-3-2-4-6-15/h2-10,12,16,19H,1H3,(H,20,21). The Morgan fingerprint density at radius 2 is 1.71 bits per heavy atom. The van der Waals surface area contributed by atoms with Crippen molar-refractivity contribution in [2.24, 2.45) is 0 Å². The van der Waals surface area contributed by atoms with Crippen molar-refractivity contribution >= 4 is 16.0 Å². The lowest BCUT2D eigenvalue weighted by molar-refractivity contribution is -0.139. The minimum absolute atomic E-state index is 0.00304. The van der Waals surface area contributed by atoms with E-state index in [1.807, 2.05) is 6.07 Å². The Kier molecular flexibility index (Phi) is 5.34. The molecule has 2 N–H and O–H groups in total. The van der Waals surface area contributed by atoms with Gasteiger partial charge in [-0.3, -0.25) is 4.79 Å². The highest BCUT2D eigenvalue weighted by molar-refractivity contribution is 7.89. The van der Waals surface area contributed by atoms with Crippen LogP contribution < -0.4 is 4.72 Å². The van der Waals surface area contributed by atoms with Gasteiger partial charge in [-0.2, -0.15) is 9.98 Å². The van der Waals surface area contributed by atoms with E-state index >= 15 is 0 Å². The van der Waals surface area contributed by atoms with Crippen LogP contribution in [0.15, 0.2) is 59.5 Å². The predicted molar refractivity (Wildman–Crippen MR) is 87.8 cm³/mol. The van der Waals surface area contributed by atoms with Gasteiger partial charge in [-0.1, -0.05) is 37.3 Å². The summed E-state index contributed by atoms with van der Waals surface area (Å²) in [6.07, 6.45) is 0. The zero-order valence-corrected chi connectivity index (χ0v) is 13.7. The highest BCUT2D eigenvalue weighted by Crippen LogP contribution is 2.22. The first-order valence-corrected chi connectivity index (χ1v) is 8.63. The molecule has 0 fully saturated rings. The maximum Gasteiger partial charge on any atom is 0.322 e. The molecule has 2 unspecified atom stereocenters. The molecule has 0 bridgehead atoms. The highest BCUT2D eigenvalue weighted by atomic mass is 32.2. The van der Waals surface area contributed by atoms with Crippen LogP contribution in [0.25, 0.3) is 0 Å². The molecule has 0 spiro atoms. The minimum atomic E-state index is -3.95. The maximum atomic E-state index is 12.4. The second kappa shape index (κ2) is 7.25. The van der Waals surface area contributed by atoms with E-state index in [0.29, 0.717) is 11.1 Å². The molecule has 0 aliphatic rings. The molecule has 2 aromatic carbocycles. The number of aliphatic carboxylic acids is 1. The van der Waals surface area contributed by atoms with E-state index in [0.717, 1.165) is 0 Å². The van der Waals surface area contributed by atoms with Crippen molar-refractivity contribution in [3.63, 3.8) is 0 Å². The Morgan fingerprint density at radius 1 is 1.12 bits per heavy atom. The largest absolute Gasteiger partial charge is 0.480 e. The van der Waals surface area contributed by atoms with Crippen molar-refractivity contribution < 1.29 is 18.3 Å². The van der Waals surface area contributed by atoms with Crippen molar-refractivity contribution in [1.29, 1.82) is 5.26 Å². The van der Waals surface area contributed by atoms with E-state index in [2.05, 4.69) is 4.72 Å². The molecule has 0 amide bonds. The zero-order valence-electron chi connectivity index (χ0n) is 12.9. The minimum Gasteiger partial charge on any atom is -0.480 e. The Bertz CT molecular complexity index is 856. The summed E-state index contributed by atoms with van der Waals surface area (Å²) >= 11 is 0. The molecule has 124 valence electrons. The van der Waals surface area contributed by atoms with Gasteiger partial charge in [0.2, 0.25) is 10.0 Å². The molecular formula is C17H16N2O4S. The molecule has 0 aliphatic heterocycles. The second-order valence-corrected chi connectivity index (χ2v) is 6.99. The van der Waals surface area contributed by atoms with Gasteiger partial charge >= 0.3 is 5.97 Å². The van der Waals surface area contributed by atoms with E-state index in [1.54, 1.807) is 49.4 Å². The quantitative estimate of drug-likeness (QED) is 0.834. The van der Waals surface area contributed by atoms with Gasteiger partial charge in [0.25, 0.3) is 0 Å². The number of rotatable bonds is 6. The topological polar surface area (TPSA) is 107 Å². The Labute approximate surface area is 140 Å². The lowest BCUT2D eigenvalue weighted by Gasteiger charge is -2.22. The van der Waals surface area contributed by atoms with Crippen molar-refractivity contribution in [1.82, 2.24) is 4.72 Å². The number of carbonyl (C=O) groups is 1. The number of nitrogens with zero attached hydrogens (tertiary/aromatic N) is 1. The van der Waals surface area contributed by atoms with Gasteiger partial charge in [0.05, 0.1) is 16.5 Å². The molecule has 2 aromatic rings. The fraction of sp³-hybridized carbons (Fsp3) is 0.176. The molecule has 7 heteroatoms. The van der Waals surface area contributed by atoms with E-state index in [9.17, 15) is 18.3 Å². The van der Waals surface area contributed by atoms with Crippen LogP contribution in [0.4, 0.5) is 0 Å². The third kappa shape index (κ3) is 3.98. The monoisotopic (exact) mass is 344 g/mol. The van der Waals surface area contributed by atoms with Gasteiger partial charge in [-0.15, -0.1) is 0 Å². The third-order valence-corrected chi connectivity index (χ3v) is 5.12. The van der Waals surface area contributed by atoms with E-state index < -0.39 is 28.0 Å². The van der Waals surface area contributed by atoms with Crippen LogP contribution >= 0.6 is 0 Å². The molecule has 6 nitrogen and oxygen atoms in total. The first-order chi connectivity index (χ1) is 11.3. The molecule has 0 heterocycles. The summed E-state index contributed by atoms with van der Waals surface area (Å²) in [5, 5.41) is 18.2. The van der Waals surface area contributed by atoms with Crippen molar-refractivity contribution in [3.8, 4) is 6.07 Å². The summed E-state index contributed by atoms with van der Waals surface area (Å²) < 4.78 is 27.0. The number of carboxylic acid groups (broad SMARTS) is 1. The molecule has 0 aliphatic carbocycles. The normalized spacial score (nSPS) is 13.7. The van der Waals surface area contributed by atoms with Crippen LogP contribution in [0.3, 0.4) is 0 Å². The number of carboxylic acids is 1. The Balaban J connectivity index is 2.29. The van der Waals surface area contributed by atoms with Gasteiger partial charge in [0.15, 0.2) is 0 Å². The lowest BCUT2D eigenvalue weighted by Crippen LogP contribution is -2.44. The summed E-state index contributed by atoms with van der Waals surface area (Å²) in [5.41, 5.74) is 1.07. The first-order valence-electron chi connectivity index (χ1n) is 7.15. The number of nitrogens with one attached hydrogen (secondary N) is 1. The van der Waals surface area contributed by atoms with Crippen LogP contribution in [0.1, 0.15) is 24.0 Å². The molecular weight excluding hydrogens is 328 g/mol. The molecule has 24 heavy (non-hydrogen) atoms. The summed E-state index contributed by atoms with van der Waals surface area (Å²) in [6.45, 7) is 1.62. The van der Waals surface area contributed by atoms with Crippen LogP contribution in [-0.2, 0) is 14.8 Å². The number of benzene rings is 2. The highest BCUT2D eigenvalue weighted by Gasteiger charge is 2.31. The van der Waals surface area contributed by atoms with Gasteiger partial charge in [-0.05, 0) is 29.8 Å². The molecule has 0 saturated heterocycles. The number of sulfonamides is 1. The number of nitriles is 1. The molecule has 0 radical (unpaired) electrons. The van der Waals surface area contributed by atoms with Gasteiger partial charge < -0.3 is 5.11 Å². The van der Waals surface area contributed by atoms with E-state index in [4.69, 9.17) is 5.26 Å². The van der Waals surface area contributed by atoms with Crippen molar-refractivity contribution in [3.05, 3.63) is 65.7 Å². The first kappa shape index (κ1) is 17.7. The molecule has 0 aromatic heterocycles. The second-order valence-electron chi connectivity index (χ2n) is 5.27. The fourth-order valence-corrected chi connectivity index (χ4v) is 3.55. The van der Waals surface area contributed by atoms with Crippen LogP contribution in [-0.4, -0.2) is 25.5 Å². The molecule has 2 atom stereocenters. The Hall–Kier alpha value is -2.69. The average Bonchev–Trinajstić information content (AvgIpc) is 2.60. The maximum absolute atomic E-state index is 12.4. The van der Waals surface area contributed by atoms with Gasteiger partial charge in [0.1, 0.15) is 6.04 Å². The fourth-order valence-electron chi connectivity index (χ4n) is 2.25. The molecule has 2 rings (SSSR count). The van der Waals surface area contributed by atoms with Crippen LogP contribution in [0.2, 0.25) is 0 Å². The van der Waals surface area contributed by atoms with Crippen molar-refractivity contribution in [2.75, 3.05) is 0 Å². The smallest absolute Gasteiger partial charge is 0.322 e. The van der Waals surface area contributed by atoms with Gasteiger partial charge in [0, 0.05) is 5.92 Å². The summed E-state index contributed by atoms with van der Waals surface area (Å²) in [4.78, 5) is 11.6. The van der Waals surface area contributed by atoms with Gasteiger partial charge in [-0.25, -0.2) is 8.42 Å². The van der Waals surface area contributed by atoms with Crippen molar-refractivity contribution in [2.45, 2.75) is 23.8 Å². The summed E-state index contributed by atoms with van der Waals surface area (Å²) in [6, 6.07) is 14.6. The van der Waals surface area contributed by atoms with E-state index in [-0.39, 0.29) is 4.90 Å². The summed E-state index contributed by atoms with van der Waals surface area (Å²) in [7, 11) is -3.95. The summed E-state index contributed by atoms with van der Waals surface area (Å²) in [5.74, 6) is -1.89. The zero-order chi connectivity index (χ0) is 17.7. The molecule has 0 saturated carbocycles. The number of hydrogen-bond acceptors (Lipinski definition) is 4.